The predicted molar refractivity (Wildman–Crippen MR) is 97.0 cm³/mol. The minimum Gasteiger partial charge on any atom is -0.390 e. The summed E-state index contributed by atoms with van der Waals surface area (Å²) >= 11 is 0. The number of carbonyl (C=O) groups is 1. The van der Waals surface area contributed by atoms with E-state index in [9.17, 15) is 14.9 Å². The van der Waals surface area contributed by atoms with Crippen molar-refractivity contribution in [3.63, 3.8) is 0 Å². The number of nitrogens with zero attached hydrogens (tertiary/aromatic N) is 6. The Morgan fingerprint density at radius 1 is 1.41 bits per heavy atom. The monoisotopic (exact) mass is 370 g/mol. The molecule has 0 aliphatic rings. The van der Waals surface area contributed by atoms with Crippen molar-refractivity contribution in [1.29, 1.82) is 0 Å². The number of hydrazone groups is 1. The van der Waals surface area contributed by atoms with Crippen LogP contribution in [0, 0.1) is 10.1 Å². The molecular formula is C16H18N8O3. The van der Waals surface area contributed by atoms with Crippen LogP contribution in [0.25, 0.3) is 10.9 Å². The van der Waals surface area contributed by atoms with Gasteiger partial charge in [0.05, 0.1) is 15.9 Å². The summed E-state index contributed by atoms with van der Waals surface area (Å²) in [7, 11) is 0. The van der Waals surface area contributed by atoms with E-state index in [0.717, 1.165) is 16.7 Å². The first-order valence-electron chi connectivity index (χ1n) is 8.32. The highest BCUT2D eigenvalue weighted by molar-refractivity contribution is 5.84. The molecule has 0 spiro atoms. The Labute approximate surface area is 153 Å². The van der Waals surface area contributed by atoms with Crippen molar-refractivity contribution in [3.05, 3.63) is 46.1 Å². The summed E-state index contributed by atoms with van der Waals surface area (Å²) in [5.41, 5.74) is 5.22. The lowest BCUT2D eigenvalue weighted by Gasteiger charge is -2.02. The number of nitro groups is 1. The highest BCUT2D eigenvalue weighted by Gasteiger charge is 2.15. The van der Waals surface area contributed by atoms with E-state index in [4.69, 9.17) is 0 Å². The lowest BCUT2D eigenvalue weighted by atomic mass is 10.1. The van der Waals surface area contributed by atoms with Gasteiger partial charge in [-0.25, -0.2) is 5.43 Å². The first-order valence-corrected chi connectivity index (χ1v) is 8.32. The Bertz CT molecular complexity index is 990. The number of tetrazole rings is 1. The number of aryl methyl sites for hydroxylation is 1. The van der Waals surface area contributed by atoms with Crippen LogP contribution in [0.4, 0.5) is 5.95 Å². The molecule has 2 aromatic heterocycles. The molecule has 27 heavy (non-hydrogen) atoms. The molecule has 11 nitrogen and oxygen atoms in total. The molecule has 0 saturated carbocycles. The molecule has 0 saturated heterocycles. The summed E-state index contributed by atoms with van der Waals surface area (Å²) < 4.78 is 0. The average molecular weight is 370 g/mol. The van der Waals surface area contributed by atoms with Gasteiger partial charge in [-0.3, -0.25) is 4.79 Å². The number of benzene rings is 1. The minimum atomic E-state index is -0.731. The fraction of sp³-hybridized carbons (Fsp3) is 0.312. The second kappa shape index (κ2) is 8.17. The maximum atomic E-state index is 11.9. The molecule has 3 rings (SSSR count). The van der Waals surface area contributed by atoms with E-state index in [1.165, 1.54) is 10.9 Å². The second-order valence-electron chi connectivity index (χ2n) is 5.97. The smallest absolute Gasteiger partial charge is 0.390 e. The van der Waals surface area contributed by atoms with E-state index in [-0.39, 0.29) is 12.5 Å². The Morgan fingerprint density at radius 3 is 3.00 bits per heavy atom. The first kappa shape index (κ1) is 18.2. The third-order valence-electron chi connectivity index (χ3n) is 3.87. The Morgan fingerprint density at radius 2 is 2.22 bits per heavy atom. The molecule has 0 unspecified atom stereocenters. The third kappa shape index (κ3) is 4.71. The Balaban J connectivity index is 1.44. The van der Waals surface area contributed by atoms with Gasteiger partial charge in [0, 0.05) is 28.7 Å². The molecule has 0 bridgehead atoms. The molecule has 3 aromatic rings. The fourth-order valence-corrected chi connectivity index (χ4v) is 2.61. The quantitative estimate of drug-likeness (QED) is 0.350. The molecule has 2 N–H and O–H groups in total. The summed E-state index contributed by atoms with van der Waals surface area (Å²) in [6, 6.07) is 8.03. The van der Waals surface area contributed by atoms with Gasteiger partial charge in [0.1, 0.15) is 6.54 Å². The molecule has 0 fully saturated rings. The zero-order valence-electron chi connectivity index (χ0n) is 14.6. The average Bonchev–Trinajstić information content (AvgIpc) is 3.27. The molecular weight excluding hydrogens is 352 g/mol. The van der Waals surface area contributed by atoms with Crippen LogP contribution in [0.3, 0.4) is 0 Å². The number of nitrogens with one attached hydrogen (secondary N) is 2. The maximum absolute atomic E-state index is 11.9. The molecule has 0 aliphatic carbocycles. The van der Waals surface area contributed by atoms with Gasteiger partial charge in [-0.1, -0.05) is 23.0 Å². The van der Waals surface area contributed by atoms with E-state index in [0.29, 0.717) is 18.6 Å². The standard InChI is InChI=1S/C16H18N8O3/c1-11(10-23-21-16(20-22-23)24(26)27)18-19-15(25)8-4-5-12-9-17-14-7-3-2-6-13(12)14/h2-3,6-7,9,17H,4-5,8,10H2,1H3,(H,19,25)/b18-11+. The van der Waals surface area contributed by atoms with Crippen LogP contribution in [0.5, 0.6) is 0 Å². The van der Waals surface area contributed by atoms with Crippen molar-refractivity contribution in [2.75, 3.05) is 0 Å². The zero-order valence-corrected chi connectivity index (χ0v) is 14.6. The maximum Gasteiger partial charge on any atom is 0.514 e. The minimum absolute atomic E-state index is 0.0937. The van der Waals surface area contributed by atoms with Crippen LogP contribution in [-0.2, 0) is 17.8 Å². The van der Waals surface area contributed by atoms with Crippen LogP contribution in [0.2, 0.25) is 0 Å². The SMILES string of the molecule is C/C(Cn1nnc([N+](=O)[O-])n1)=N\NC(=O)CCCc1c[nH]c2ccccc12. The van der Waals surface area contributed by atoms with Crippen molar-refractivity contribution < 1.29 is 9.72 Å². The van der Waals surface area contributed by atoms with Crippen molar-refractivity contribution in [3.8, 4) is 0 Å². The zero-order chi connectivity index (χ0) is 19.2. The number of rotatable bonds is 8. The summed E-state index contributed by atoms with van der Waals surface area (Å²) in [6.45, 7) is 1.75. The third-order valence-corrected chi connectivity index (χ3v) is 3.87. The topological polar surface area (TPSA) is 144 Å². The molecule has 0 atom stereocenters. The van der Waals surface area contributed by atoms with E-state index in [1.807, 2.05) is 24.4 Å². The van der Waals surface area contributed by atoms with E-state index < -0.39 is 10.9 Å². The van der Waals surface area contributed by atoms with Crippen LogP contribution < -0.4 is 5.43 Å². The van der Waals surface area contributed by atoms with Gasteiger partial charge in [0.25, 0.3) is 0 Å². The molecule has 0 aliphatic heterocycles. The number of para-hydroxylation sites is 1. The second-order valence-corrected chi connectivity index (χ2v) is 5.97. The number of carbonyl (C=O) groups excluding carboxylic acids is 1. The van der Waals surface area contributed by atoms with E-state index >= 15 is 0 Å². The summed E-state index contributed by atoms with van der Waals surface area (Å²) in [5, 5.41) is 26.0. The molecule has 2 heterocycles. The van der Waals surface area contributed by atoms with E-state index in [2.05, 4.69) is 37.0 Å². The van der Waals surface area contributed by atoms with Gasteiger partial charge in [0.15, 0.2) is 0 Å². The number of aromatic amines is 1. The Hall–Kier alpha value is -3.63. The van der Waals surface area contributed by atoms with Crippen LogP contribution in [0.1, 0.15) is 25.3 Å². The van der Waals surface area contributed by atoms with Gasteiger partial charge < -0.3 is 15.1 Å². The number of hydrogen-bond acceptors (Lipinski definition) is 7. The molecule has 11 heteroatoms. The largest absolute Gasteiger partial charge is 0.514 e. The van der Waals surface area contributed by atoms with Gasteiger partial charge in [0.2, 0.25) is 5.91 Å². The number of fused-ring (bicyclic) bond motifs is 1. The Kier molecular flexibility index (Phi) is 5.50. The van der Waals surface area contributed by atoms with Crippen molar-refractivity contribution in [2.45, 2.75) is 32.7 Å². The first-order chi connectivity index (χ1) is 13.0. The number of hydrogen-bond donors (Lipinski definition) is 2. The lowest BCUT2D eigenvalue weighted by Crippen LogP contribution is -2.21. The highest BCUT2D eigenvalue weighted by Crippen LogP contribution is 2.19. The van der Waals surface area contributed by atoms with Crippen molar-refractivity contribution >= 4 is 28.5 Å². The summed E-state index contributed by atoms with van der Waals surface area (Å²) in [4.78, 5) is 26.0. The summed E-state index contributed by atoms with van der Waals surface area (Å²) in [5.74, 6) is -0.782. The number of aromatic nitrogens is 5. The van der Waals surface area contributed by atoms with Gasteiger partial charge in [-0.2, -0.15) is 5.10 Å². The number of H-pyrrole nitrogens is 1. The van der Waals surface area contributed by atoms with E-state index in [1.54, 1.807) is 6.92 Å². The van der Waals surface area contributed by atoms with Crippen LogP contribution >= 0.6 is 0 Å². The molecule has 0 radical (unpaired) electrons. The van der Waals surface area contributed by atoms with Gasteiger partial charge in [-0.15, -0.1) is 0 Å². The predicted octanol–water partition coefficient (Wildman–Crippen LogP) is 1.58. The normalized spacial score (nSPS) is 11.7. The lowest BCUT2D eigenvalue weighted by molar-refractivity contribution is -0.394. The van der Waals surface area contributed by atoms with Crippen molar-refractivity contribution in [1.82, 2.24) is 30.6 Å². The van der Waals surface area contributed by atoms with Crippen LogP contribution in [-0.4, -0.2) is 41.7 Å². The van der Waals surface area contributed by atoms with Gasteiger partial charge in [-0.05, 0) is 36.3 Å². The van der Waals surface area contributed by atoms with Crippen LogP contribution in [0.15, 0.2) is 35.6 Å². The highest BCUT2D eigenvalue weighted by atomic mass is 16.6. The molecule has 1 aromatic carbocycles. The summed E-state index contributed by atoms with van der Waals surface area (Å²) in [6.07, 6.45) is 3.78. The fourth-order valence-electron chi connectivity index (χ4n) is 2.61. The van der Waals surface area contributed by atoms with Crippen molar-refractivity contribution in [2.24, 2.45) is 5.10 Å². The molecule has 1 amide bonds. The van der Waals surface area contributed by atoms with Gasteiger partial charge >= 0.3 is 5.95 Å². The number of amides is 1. The molecule has 140 valence electrons.